The minimum atomic E-state index is -0.628. The van der Waals surface area contributed by atoms with E-state index in [1.54, 1.807) is 0 Å². The van der Waals surface area contributed by atoms with E-state index in [-0.39, 0.29) is 0 Å². The summed E-state index contributed by atoms with van der Waals surface area (Å²) >= 11 is 0. The Kier molecular flexibility index (Phi) is 1.71. The molecule has 0 spiro atoms. The van der Waals surface area contributed by atoms with Crippen molar-refractivity contribution in [2.75, 3.05) is 0 Å². The Morgan fingerprint density at radius 1 is 1.70 bits per heavy atom. The number of rotatable bonds is 1. The molecule has 0 aromatic rings. The molecule has 0 bridgehead atoms. The maximum atomic E-state index is 10.7. The van der Waals surface area contributed by atoms with Crippen LogP contribution in [0.25, 0.3) is 0 Å². The Labute approximate surface area is 61.2 Å². The van der Waals surface area contributed by atoms with Crippen LogP contribution in [0.5, 0.6) is 0 Å². The lowest BCUT2D eigenvalue weighted by Crippen LogP contribution is -2.23. The highest BCUT2D eigenvalue weighted by Gasteiger charge is 2.39. The van der Waals surface area contributed by atoms with E-state index in [0.29, 0.717) is 5.92 Å². The molecule has 0 aromatic heterocycles. The monoisotopic (exact) mass is 142 g/mol. The molecule has 0 aliphatic heterocycles. The van der Waals surface area contributed by atoms with E-state index in [0.717, 1.165) is 19.3 Å². The van der Waals surface area contributed by atoms with Crippen LogP contribution in [0.2, 0.25) is 0 Å². The van der Waals surface area contributed by atoms with Gasteiger partial charge in [-0.3, -0.25) is 4.79 Å². The van der Waals surface area contributed by atoms with E-state index in [1.807, 2.05) is 6.92 Å². The first-order valence-corrected chi connectivity index (χ1v) is 3.78. The van der Waals surface area contributed by atoms with Crippen molar-refractivity contribution >= 4 is 5.97 Å². The molecule has 2 unspecified atom stereocenters. The van der Waals surface area contributed by atoms with Crippen LogP contribution in [-0.2, 0) is 4.79 Å². The molecule has 2 nitrogen and oxygen atoms in total. The van der Waals surface area contributed by atoms with Gasteiger partial charge in [0.1, 0.15) is 0 Å². The van der Waals surface area contributed by atoms with Gasteiger partial charge < -0.3 is 5.11 Å². The zero-order valence-electron chi connectivity index (χ0n) is 6.55. The number of aliphatic carboxylic acids is 1. The Morgan fingerprint density at radius 2 is 2.30 bits per heavy atom. The second-order valence-corrected chi connectivity index (χ2v) is 3.71. The SMILES string of the molecule is CC1CCC(C)(C(=O)O)C1. The number of carboxylic acid groups (broad SMARTS) is 1. The molecule has 0 heterocycles. The van der Waals surface area contributed by atoms with Crippen molar-refractivity contribution in [3.63, 3.8) is 0 Å². The first-order chi connectivity index (χ1) is 4.54. The van der Waals surface area contributed by atoms with Gasteiger partial charge in [-0.05, 0) is 32.1 Å². The molecule has 2 atom stereocenters. The van der Waals surface area contributed by atoms with Crippen LogP contribution >= 0.6 is 0 Å². The molecule has 58 valence electrons. The second-order valence-electron chi connectivity index (χ2n) is 3.71. The van der Waals surface area contributed by atoms with Gasteiger partial charge in [-0.1, -0.05) is 6.92 Å². The van der Waals surface area contributed by atoms with Crippen molar-refractivity contribution in [3.8, 4) is 0 Å². The number of hydrogen-bond acceptors (Lipinski definition) is 1. The van der Waals surface area contributed by atoms with E-state index in [1.165, 1.54) is 0 Å². The minimum Gasteiger partial charge on any atom is -0.481 e. The highest BCUT2D eigenvalue weighted by molar-refractivity contribution is 5.74. The Hall–Kier alpha value is -0.530. The molecule has 0 amide bonds. The summed E-state index contributed by atoms with van der Waals surface area (Å²) in [5, 5.41) is 8.79. The summed E-state index contributed by atoms with van der Waals surface area (Å²) in [7, 11) is 0. The van der Waals surface area contributed by atoms with Crippen LogP contribution in [0.15, 0.2) is 0 Å². The smallest absolute Gasteiger partial charge is 0.309 e. The van der Waals surface area contributed by atoms with Gasteiger partial charge in [0.05, 0.1) is 5.41 Å². The number of carbonyl (C=O) groups is 1. The predicted molar refractivity (Wildman–Crippen MR) is 38.8 cm³/mol. The molecule has 1 fully saturated rings. The molecule has 0 saturated heterocycles. The fraction of sp³-hybridized carbons (Fsp3) is 0.875. The average Bonchev–Trinajstić information content (AvgIpc) is 2.13. The second kappa shape index (κ2) is 2.26. The lowest BCUT2D eigenvalue weighted by Gasteiger charge is -2.16. The summed E-state index contributed by atoms with van der Waals surface area (Å²) in [6.45, 7) is 3.97. The molecule has 10 heavy (non-hydrogen) atoms. The molecule has 0 aromatic carbocycles. The van der Waals surface area contributed by atoms with E-state index in [2.05, 4.69) is 6.92 Å². The van der Waals surface area contributed by atoms with Crippen molar-refractivity contribution in [2.45, 2.75) is 33.1 Å². The molecule has 1 rings (SSSR count). The summed E-state index contributed by atoms with van der Waals surface area (Å²) in [6.07, 6.45) is 2.77. The normalized spacial score (nSPS) is 40.0. The third-order valence-electron chi connectivity index (χ3n) is 2.50. The highest BCUT2D eigenvalue weighted by atomic mass is 16.4. The maximum Gasteiger partial charge on any atom is 0.309 e. The zero-order valence-corrected chi connectivity index (χ0v) is 6.55. The van der Waals surface area contributed by atoms with Crippen LogP contribution in [0, 0.1) is 11.3 Å². The van der Waals surface area contributed by atoms with Crippen LogP contribution in [0.4, 0.5) is 0 Å². The predicted octanol–water partition coefficient (Wildman–Crippen LogP) is 1.90. The first kappa shape index (κ1) is 7.58. The minimum absolute atomic E-state index is 0.417. The maximum absolute atomic E-state index is 10.7. The van der Waals surface area contributed by atoms with Crippen LogP contribution in [-0.4, -0.2) is 11.1 Å². The summed E-state index contributed by atoms with van der Waals surface area (Å²) < 4.78 is 0. The van der Waals surface area contributed by atoms with Crippen LogP contribution in [0.3, 0.4) is 0 Å². The molecule has 1 aliphatic rings. The van der Waals surface area contributed by atoms with Crippen molar-refractivity contribution in [2.24, 2.45) is 11.3 Å². The molecule has 1 saturated carbocycles. The first-order valence-electron chi connectivity index (χ1n) is 3.78. The third-order valence-corrected chi connectivity index (χ3v) is 2.50. The standard InChI is InChI=1S/C8H14O2/c1-6-3-4-8(2,5-6)7(9)10/h6H,3-5H2,1-2H3,(H,9,10). The summed E-state index contributed by atoms with van der Waals surface area (Å²) in [4.78, 5) is 10.7. The third kappa shape index (κ3) is 1.15. The van der Waals surface area contributed by atoms with Crippen LogP contribution in [0.1, 0.15) is 33.1 Å². The van der Waals surface area contributed by atoms with Gasteiger partial charge in [-0.2, -0.15) is 0 Å². The largest absolute Gasteiger partial charge is 0.481 e. The van der Waals surface area contributed by atoms with Crippen LogP contribution < -0.4 is 0 Å². The van der Waals surface area contributed by atoms with Gasteiger partial charge in [-0.25, -0.2) is 0 Å². The van der Waals surface area contributed by atoms with Gasteiger partial charge >= 0.3 is 5.97 Å². The van der Waals surface area contributed by atoms with Gasteiger partial charge in [0.25, 0.3) is 0 Å². The van der Waals surface area contributed by atoms with Crippen molar-refractivity contribution in [1.29, 1.82) is 0 Å². The lowest BCUT2D eigenvalue weighted by molar-refractivity contribution is -0.147. The Balaban J connectivity index is 2.63. The Morgan fingerprint density at radius 3 is 2.50 bits per heavy atom. The van der Waals surface area contributed by atoms with Gasteiger partial charge in [-0.15, -0.1) is 0 Å². The quantitative estimate of drug-likeness (QED) is 0.607. The van der Waals surface area contributed by atoms with Gasteiger partial charge in [0.15, 0.2) is 0 Å². The lowest BCUT2D eigenvalue weighted by atomic mass is 9.88. The van der Waals surface area contributed by atoms with Gasteiger partial charge in [0, 0.05) is 0 Å². The fourth-order valence-corrected chi connectivity index (χ4v) is 1.73. The molecule has 0 radical (unpaired) electrons. The summed E-state index contributed by atoms with van der Waals surface area (Å²) in [5.74, 6) is -0.0297. The van der Waals surface area contributed by atoms with E-state index in [4.69, 9.17) is 5.11 Å². The zero-order chi connectivity index (χ0) is 7.78. The molecule has 1 aliphatic carbocycles. The molecule has 1 N–H and O–H groups in total. The van der Waals surface area contributed by atoms with Crippen molar-refractivity contribution < 1.29 is 9.90 Å². The average molecular weight is 142 g/mol. The van der Waals surface area contributed by atoms with E-state index in [9.17, 15) is 4.79 Å². The summed E-state index contributed by atoms with van der Waals surface area (Å²) in [5.41, 5.74) is -0.417. The van der Waals surface area contributed by atoms with Crippen molar-refractivity contribution in [3.05, 3.63) is 0 Å². The highest BCUT2D eigenvalue weighted by Crippen LogP contribution is 2.41. The number of hydrogen-bond donors (Lipinski definition) is 1. The number of carboxylic acids is 1. The molecular weight excluding hydrogens is 128 g/mol. The Bertz CT molecular complexity index is 153. The van der Waals surface area contributed by atoms with Crippen molar-refractivity contribution in [1.82, 2.24) is 0 Å². The van der Waals surface area contributed by atoms with E-state index >= 15 is 0 Å². The molecule has 2 heteroatoms. The fourth-order valence-electron chi connectivity index (χ4n) is 1.73. The van der Waals surface area contributed by atoms with E-state index < -0.39 is 11.4 Å². The summed E-state index contributed by atoms with van der Waals surface area (Å²) in [6, 6.07) is 0. The van der Waals surface area contributed by atoms with Gasteiger partial charge in [0.2, 0.25) is 0 Å². The topological polar surface area (TPSA) is 37.3 Å². The molecular formula is C8H14O2.